The van der Waals surface area contributed by atoms with Crippen molar-refractivity contribution in [3.05, 3.63) is 102 Å². The molecule has 1 N–H and O–H groups in total. The van der Waals surface area contributed by atoms with Gasteiger partial charge in [0.1, 0.15) is 11.6 Å². The first-order chi connectivity index (χ1) is 17.5. The Morgan fingerprint density at radius 2 is 1.75 bits per heavy atom. The van der Waals surface area contributed by atoms with Crippen molar-refractivity contribution in [3.8, 4) is 22.7 Å². The SMILES string of the molecule is COC(=O)c1cccc(CNC(=O)CCc2cc(-c3cccc(F)c3)n(-c3ccc(OC)cc3)n2)c1. The van der Waals surface area contributed by atoms with Crippen molar-refractivity contribution in [2.24, 2.45) is 0 Å². The van der Waals surface area contributed by atoms with E-state index < -0.39 is 5.97 Å². The number of nitrogens with zero attached hydrogens (tertiary/aromatic N) is 2. The van der Waals surface area contributed by atoms with Gasteiger partial charge in [0.05, 0.1) is 36.9 Å². The Kier molecular flexibility index (Phi) is 7.75. The molecule has 0 fully saturated rings. The third kappa shape index (κ3) is 5.96. The zero-order valence-electron chi connectivity index (χ0n) is 20.0. The minimum atomic E-state index is -0.426. The predicted molar refractivity (Wildman–Crippen MR) is 133 cm³/mol. The number of hydrogen-bond acceptors (Lipinski definition) is 5. The largest absolute Gasteiger partial charge is 0.497 e. The number of halogens is 1. The monoisotopic (exact) mass is 487 g/mol. The number of rotatable bonds is 9. The van der Waals surface area contributed by atoms with Gasteiger partial charge in [-0.3, -0.25) is 4.79 Å². The molecule has 3 aromatic carbocycles. The van der Waals surface area contributed by atoms with Crippen LogP contribution in [0.1, 0.15) is 28.0 Å². The summed E-state index contributed by atoms with van der Waals surface area (Å²) in [5.41, 5.74) is 4.11. The molecule has 0 aliphatic rings. The molecule has 1 amide bonds. The smallest absolute Gasteiger partial charge is 0.337 e. The second-order valence-electron chi connectivity index (χ2n) is 8.11. The van der Waals surface area contributed by atoms with Crippen molar-refractivity contribution in [1.29, 1.82) is 0 Å². The fourth-order valence-electron chi connectivity index (χ4n) is 3.78. The molecule has 0 saturated carbocycles. The van der Waals surface area contributed by atoms with Crippen LogP contribution in [0.2, 0.25) is 0 Å². The van der Waals surface area contributed by atoms with Crippen LogP contribution in [0.5, 0.6) is 5.75 Å². The first kappa shape index (κ1) is 24.7. The maximum absolute atomic E-state index is 13.9. The lowest BCUT2D eigenvalue weighted by molar-refractivity contribution is -0.121. The fourth-order valence-corrected chi connectivity index (χ4v) is 3.78. The Labute approximate surface area is 208 Å². The molecule has 36 heavy (non-hydrogen) atoms. The normalized spacial score (nSPS) is 10.6. The Morgan fingerprint density at radius 3 is 2.47 bits per heavy atom. The Hall–Kier alpha value is -4.46. The van der Waals surface area contributed by atoms with Crippen LogP contribution in [-0.4, -0.2) is 35.9 Å². The maximum Gasteiger partial charge on any atom is 0.337 e. The van der Waals surface area contributed by atoms with Crippen molar-refractivity contribution >= 4 is 11.9 Å². The number of carbonyl (C=O) groups is 2. The summed E-state index contributed by atoms with van der Waals surface area (Å²) in [6.45, 7) is 0.290. The number of carbonyl (C=O) groups excluding carboxylic acids is 2. The molecule has 0 atom stereocenters. The van der Waals surface area contributed by atoms with Crippen molar-refractivity contribution in [2.45, 2.75) is 19.4 Å². The molecule has 4 aromatic rings. The van der Waals surface area contributed by atoms with E-state index in [1.807, 2.05) is 42.5 Å². The molecule has 0 aliphatic carbocycles. The van der Waals surface area contributed by atoms with E-state index in [1.165, 1.54) is 19.2 Å². The van der Waals surface area contributed by atoms with Gasteiger partial charge in [0.15, 0.2) is 0 Å². The summed E-state index contributed by atoms with van der Waals surface area (Å²) in [5.74, 6) is -0.200. The molecule has 1 heterocycles. The summed E-state index contributed by atoms with van der Waals surface area (Å²) >= 11 is 0. The van der Waals surface area contributed by atoms with Crippen molar-refractivity contribution in [3.63, 3.8) is 0 Å². The van der Waals surface area contributed by atoms with Crippen LogP contribution < -0.4 is 10.1 Å². The lowest BCUT2D eigenvalue weighted by Crippen LogP contribution is -2.23. The van der Waals surface area contributed by atoms with Gasteiger partial charge in [-0.1, -0.05) is 24.3 Å². The summed E-state index contributed by atoms with van der Waals surface area (Å²) in [6, 6.07) is 22.5. The molecule has 7 nitrogen and oxygen atoms in total. The quantitative estimate of drug-likeness (QED) is 0.346. The summed E-state index contributed by atoms with van der Waals surface area (Å²) in [6.07, 6.45) is 0.623. The van der Waals surface area contributed by atoms with Gasteiger partial charge in [0.2, 0.25) is 5.91 Å². The summed E-state index contributed by atoms with van der Waals surface area (Å²) in [4.78, 5) is 24.2. The Balaban J connectivity index is 1.47. The highest BCUT2D eigenvalue weighted by Gasteiger charge is 2.14. The average Bonchev–Trinajstić information content (AvgIpc) is 3.35. The molecule has 0 spiro atoms. The highest BCUT2D eigenvalue weighted by Crippen LogP contribution is 2.26. The molecule has 184 valence electrons. The van der Waals surface area contributed by atoms with Gasteiger partial charge in [-0.05, 0) is 60.2 Å². The third-order valence-electron chi connectivity index (χ3n) is 5.64. The number of aryl methyl sites for hydroxylation is 1. The number of methoxy groups -OCH3 is 2. The van der Waals surface area contributed by atoms with Crippen LogP contribution in [0.25, 0.3) is 16.9 Å². The minimum Gasteiger partial charge on any atom is -0.497 e. The van der Waals surface area contributed by atoms with Crippen molar-refractivity contribution in [1.82, 2.24) is 15.1 Å². The van der Waals surface area contributed by atoms with Gasteiger partial charge >= 0.3 is 5.97 Å². The summed E-state index contributed by atoms with van der Waals surface area (Å²) in [7, 11) is 2.92. The zero-order valence-corrected chi connectivity index (χ0v) is 20.0. The number of nitrogens with one attached hydrogen (secondary N) is 1. The Morgan fingerprint density at radius 1 is 0.972 bits per heavy atom. The number of hydrogen-bond donors (Lipinski definition) is 1. The molecular weight excluding hydrogens is 461 g/mol. The van der Waals surface area contributed by atoms with Gasteiger partial charge in [-0.2, -0.15) is 5.10 Å². The number of amides is 1. The van der Waals surface area contributed by atoms with E-state index in [0.29, 0.717) is 35.5 Å². The topological polar surface area (TPSA) is 82.5 Å². The minimum absolute atomic E-state index is 0.148. The number of benzene rings is 3. The molecule has 0 aliphatic heterocycles. The second kappa shape index (κ2) is 11.3. The third-order valence-corrected chi connectivity index (χ3v) is 5.64. The highest BCUT2D eigenvalue weighted by atomic mass is 19.1. The van der Waals surface area contributed by atoms with Gasteiger partial charge in [-0.25, -0.2) is 13.9 Å². The van der Waals surface area contributed by atoms with E-state index in [4.69, 9.17) is 14.6 Å². The van der Waals surface area contributed by atoms with E-state index in [9.17, 15) is 14.0 Å². The van der Waals surface area contributed by atoms with Crippen LogP contribution in [0.4, 0.5) is 4.39 Å². The fraction of sp³-hybridized carbons (Fsp3) is 0.179. The molecular formula is C28H26FN3O4. The molecule has 1 aromatic heterocycles. The maximum atomic E-state index is 13.9. The van der Waals surface area contributed by atoms with Crippen LogP contribution in [0, 0.1) is 5.82 Å². The van der Waals surface area contributed by atoms with Crippen LogP contribution >= 0.6 is 0 Å². The Bertz CT molecular complexity index is 1370. The number of esters is 1. The van der Waals surface area contributed by atoms with Gasteiger partial charge in [-0.15, -0.1) is 0 Å². The van der Waals surface area contributed by atoms with E-state index >= 15 is 0 Å². The van der Waals surface area contributed by atoms with Crippen LogP contribution in [-0.2, 0) is 22.5 Å². The standard InChI is InChI=1S/C28H26FN3O4/c1-35-25-12-10-24(11-13-25)32-26(20-6-4-8-22(29)16-20)17-23(31-32)9-14-27(33)30-18-19-5-3-7-21(15-19)28(34)36-2/h3-8,10-13,15-17H,9,14,18H2,1-2H3,(H,30,33). The summed E-state index contributed by atoms with van der Waals surface area (Å²) in [5, 5.41) is 7.56. The van der Waals surface area contributed by atoms with Crippen molar-refractivity contribution in [2.75, 3.05) is 14.2 Å². The number of ether oxygens (including phenoxy) is 2. The summed E-state index contributed by atoms with van der Waals surface area (Å²) < 4.78 is 25.6. The average molecular weight is 488 g/mol. The van der Waals surface area contributed by atoms with E-state index in [2.05, 4.69) is 5.32 Å². The molecule has 0 unspecified atom stereocenters. The van der Waals surface area contributed by atoms with Crippen LogP contribution in [0.3, 0.4) is 0 Å². The van der Waals surface area contributed by atoms with Gasteiger partial charge < -0.3 is 14.8 Å². The lowest BCUT2D eigenvalue weighted by atomic mass is 10.1. The number of aromatic nitrogens is 2. The van der Waals surface area contributed by atoms with E-state index in [1.54, 1.807) is 36.1 Å². The van der Waals surface area contributed by atoms with Crippen molar-refractivity contribution < 1.29 is 23.5 Å². The second-order valence-corrected chi connectivity index (χ2v) is 8.11. The predicted octanol–water partition coefficient (Wildman–Crippen LogP) is 4.72. The highest BCUT2D eigenvalue weighted by molar-refractivity contribution is 5.89. The van der Waals surface area contributed by atoms with Crippen LogP contribution in [0.15, 0.2) is 78.9 Å². The molecule has 4 rings (SSSR count). The van der Waals surface area contributed by atoms with Gasteiger partial charge in [0.25, 0.3) is 0 Å². The first-order valence-electron chi connectivity index (χ1n) is 11.4. The molecule has 0 saturated heterocycles. The van der Waals surface area contributed by atoms with Gasteiger partial charge in [0, 0.05) is 24.9 Å². The molecule has 8 heteroatoms. The molecule has 0 bridgehead atoms. The zero-order chi connectivity index (χ0) is 25.5. The molecule has 0 radical (unpaired) electrons. The van der Waals surface area contributed by atoms with E-state index in [0.717, 1.165) is 16.9 Å². The lowest BCUT2D eigenvalue weighted by Gasteiger charge is -2.08. The van der Waals surface area contributed by atoms with E-state index in [-0.39, 0.29) is 18.1 Å². The first-order valence-corrected chi connectivity index (χ1v) is 11.4.